The lowest BCUT2D eigenvalue weighted by atomic mass is 10.3. The third-order valence-electron chi connectivity index (χ3n) is 1.33. The minimum Gasteiger partial charge on any atom is -0.280 e. The van der Waals surface area contributed by atoms with Gasteiger partial charge in [-0.05, 0) is 0 Å². The molecular formula is C4H3Cl5FN3. The summed E-state index contributed by atoms with van der Waals surface area (Å²) in [7, 11) is 0. The van der Waals surface area contributed by atoms with Crippen molar-refractivity contribution < 1.29 is 4.48 Å². The Labute approximate surface area is 98.6 Å². The molecule has 3 nitrogen and oxygen atoms in total. The molecule has 1 atom stereocenters. The summed E-state index contributed by atoms with van der Waals surface area (Å²) in [5, 5.41) is 3.47. The number of hydrogen-bond acceptors (Lipinski definition) is 3. The van der Waals surface area contributed by atoms with Gasteiger partial charge >= 0.3 is 0 Å². The van der Waals surface area contributed by atoms with Gasteiger partial charge in [0.15, 0.2) is 6.17 Å². The minimum absolute atomic E-state index is 0.113. The van der Waals surface area contributed by atoms with Crippen molar-refractivity contribution in [2.75, 3.05) is 0 Å². The van der Waals surface area contributed by atoms with Gasteiger partial charge in [-0.2, -0.15) is 10.2 Å². The first-order chi connectivity index (χ1) is 5.77. The first-order valence-electron chi connectivity index (χ1n) is 2.94. The largest absolute Gasteiger partial charge is 0.280 e. The van der Waals surface area contributed by atoms with Gasteiger partial charge in [0.25, 0.3) is 0 Å². The average Bonchev–Trinajstić information content (AvgIpc) is 2.32. The summed E-state index contributed by atoms with van der Waals surface area (Å²) in [6.07, 6.45) is -0.399. The third kappa shape index (κ3) is 2.18. The Morgan fingerprint density at radius 2 is 1.85 bits per heavy atom. The summed E-state index contributed by atoms with van der Waals surface area (Å²) < 4.78 is 8.90. The number of halogens is 6. The summed E-state index contributed by atoms with van der Waals surface area (Å²) in [4.78, 5) is 0. The molecule has 1 rings (SSSR count). The molecular weight excluding hydrogens is 286 g/mol. The Kier molecular flexibility index (Phi) is 3.30. The zero-order valence-corrected chi connectivity index (χ0v) is 9.60. The number of hydrogen-bond donors (Lipinski definition) is 1. The highest BCUT2D eigenvalue weighted by Gasteiger charge is 2.55. The van der Waals surface area contributed by atoms with Gasteiger partial charge in [0, 0.05) is 0 Å². The van der Waals surface area contributed by atoms with E-state index in [1.807, 2.05) is 0 Å². The maximum absolute atomic E-state index is 12.9. The second-order valence-electron chi connectivity index (χ2n) is 2.24. The molecule has 0 amide bonds. The Bertz CT molecular complexity index is 226. The molecule has 0 radical (unpaired) electrons. The fourth-order valence-electron chi connectivity index (χ4n) is 0.672. The maximum Gasteiger partial charge on any atom is 0.227 e. The fourth-order valence-corrected chi connectivity index (χ4v) is 1.27. The molecule has 1 unspecified atom stereocenters. The standard InChI is InChI=1S/C4H3Cl5FN3/c5-3(6,4(7,8)9)2-12-11-1-13(2)10/h1-2,12H. The van der Waals surface area contributed by atoms with Gasteiger partial charge in [-0.3, -0.25) is 5.43 Å². The Morgan fingerprint density at radius 3 is 2.15 bits per heavy atom. The Morgan fingerprint density at radius 1 is 1.31 bits per heavy atom. The second-order valence-corrected chi connectivity index (χ2v) is 5.91. The molecule has 13 heavy (non-hydrogen) atoms. The van der Waals surface area contributed by atoms with E-state index in [0.29, 0.717) is 0 Å². The summed E-state index contributed by atoms with van der Waals surface area (Å²) >= 11 is 27.7. The first kappa shape index (κ1) is 11.7. The van der Waals surface area contributed by atoms with Crippen molar-refractivity contribution >= 4 is 64.3 Å². The number of alkyl halides is 5. The van der Waals surface area contributed by atoms with Crippen LogP contribution in [0.1, 0.15) is 0 Å². The molecule has 0 spiro atoms. The van der Waals surface area contributed by atoms with Crippen LogP contribution in [0.5, 0.6) is 0 Å². The number of nitrogens with zero attached hydrogens (tertiary/aromatic N) is 2. The average molecular weight is 289 g/mol. The summed E-state index contributed by atoms with van der Waals surface area (Å²) in [5.74, 6) is 0. The second kappa shape index (κ2) is 3.66. The molecule has 0 fully saturated rings. The van der Waals surface area contributed by atoms with Gasteiger partial charge in [0.05, 0.1) is 0 Å². The summed E-state index contributed by atoms with van der Waals surface area (Å²) in [6.45, 7) is 0. The van der Waals surface area contributed by atoms with Crippen molar-refractivity contribution in [2.24, 2.45) is 5.10 Å². The molecule has 9 heteroatoms. The molecule has 1 aliphatic heterocycles. The minimum atomic E-state index is -2.04. The molecule has 0 aromatic carbocycles. The van der Waals surface area contributed by atoms with E-state index in [1.165, 1.54) is 0 Å². The highest BCUT2D eigenvalue weighted by Crippen LogP contribution is 2.49. The molecule has 1 aliphatic rings. The highest BCUT2D eigenvalue weighted by molar-refractivity contribution is 6.75. The number of hydrazone groups is 1. The van der Waals surface area contributed by atoms with Crippen molar-refractivity contribution in [3.8, 4) is 0 Å². The quantitative estimate of drug-likeness (QED) is 0.593. The smallest absolute Gasteiger partial charge is 0.227 e. The van der Waals surface area contributed by atoms with Gasteiger partial charge in [-0.25, -0.2) is 0 Å². The zero-order valence-electron chi connectivity index (χ0n) is 5.82. The van der Waals surface area contributed by atoms with Crippen molar-refractivity contribution in [3.63, 3.8) is 0 Å². The van der Waals surface area contributed by atoms with Crippen molar-refractivity contribution in [2.45, 2.75) is 14.3 Å². The molecule has 0 aromatic heterocycles. The van der Waals surface area contributed by atoms with Crippen LogP contribution in [0.15, 0.2) is 5.10 Å². The van der Waals surface area contributed by atoms with Crippen LogP contribution in [-0.4, -0.2) is 25.8 Å². The molecule has 0 bridgehead atoms. The number of nitrogens with one attached hydrogen (secondary N) is 1. The molecule has 0 aromatic rings. The van der Waals surface area contributed by atoms with Gasteiger partial charge in [0.2, 0.25) is 8.13 Å². The molecule has 0 saturated heterocycles. The zero-order chi connectivity index (χ0) is 10.3. The van der Waals surface area contributed by atoms with Crippen LogP contribution in [0.25, 0.3) is 0 Å². The lowest BCUT2D eigenvalue weighted by Crippen LogP contribution is -2.53. The van der Waals surface area contributed by atoms with Crippen LogP contribution in [0.3, 0.4) is 0 Å². The van der Waals surface area contributed by atoms with E-state index in [-0.39, 0.29) is 5.12 Å². The topological polar surface area (TPSA) is 27.6 Å². The van der Waals surface area contributed by atoms with E-state index < -0.39 is 14.3 Å². The van der Waals surface area contributed by atoms with Crippen LogP contribution in [0, 0.1) is 0 Å². The predicted octanol–water partition coefficient (Wildman–Crippen LogP) is 2.59. The normalized spacial score (nSPS) is 23.5. The summed E-state index contributed by atoms with van der Waals surface area (Å²) in [5.41, 5.74) is 2.26. The lowest BCUT2D eigenvalue weighted by molar-refractivity contribution is 0.0640. The highest BCUT2D eigenvalue weighted by atomic mass is 35.6. The molecule has 1 N–H and O–H groups in total. The van der Waals surface area contributed by atoms with Crippen LogP contribution >= 0.6 is 58.0 Å². The molecule has 0 saturated carbocycles. The van der Waals surface area contributed by atoms with E-state index >= 15 is 0 Å². The first-order valence-corrected chi connectivity index (χ1v) is 4.83. The van der Waals surface area contributed by atoms with Crippen molar-refractivity contribution in [3.05, 3.63) is 0 Å². The van der Waals surface area contributed by atoms with Crippen molar-refractivity contribution in [1.29, 1.82) is 0 Å². The van der Waals surface area contributed by atoms with E-state index in [4.69, 9.17) is 58.0 Å². The maximum atomic E-state index is 12.9. The molecule has 76 valence electrons. The van der Waals surface area contributed by atoms with Crippen LogP contribution < -0.4 is 5.43 Å². The SMILES string of the molecule is FN1C=NNC1C(Cl)(Cl)C(Cl)(Cl)Cl. The van der Waals surface area contributed by atoms with Crippen LogP contribution in [0.4, 0.5) is 4.48 Å². The third-order valence-corrected chi connectivity index (χ3v) is 3.79. The van der Waals surface area contributed by atoms with Crippen molar-refractivity contribution in [1.82, 2.24) is 10.5 Å². The Balaban J connectivity index is 2.82. The van der Waals surface area contributed by atoms with E-state index in [1.54, 1.807) is 0 Å². The summed E-state index contributed by atoms with van der Waals surface area (Å²) in [6, 6.07) is 0. The fraction of sp³-hybridized carbons (Fsp3) is 0.750. The van der Waals surface area contributed by atoms with Gasteiger partial charge in [0.1, 0.15) is 6.34 Å². The van der Waals surface area contributed by atoms with Crippen LogP contribution in [0.2, 0.25) is 0 Å². The molecule has 1 heterocycles. The Hall–Kier alpha value is 0.650. The van der Waals surface area contributed by atoms with E-state index in [2.05, 4.69) is 10.5 Å². The van der Waals surface area contributed by atoms with Gasteiger partial charge in [-0.15, -0.1) is 0 Å². The van der Waals surface area contributed by atoms with E-state index in [9.17, 15) is 4.48 Å². The van der Waals surface area contributed by atoms with Crippen LogP contribution in [-0.2, 0) is 0 Å². The number of rotatable bonds is 1. The van der Waals surface area contributed by atoms with Gasteiger partial charge in [-0.1, -0.05) is 62.5 Å². The predicted molar refractivity (Wildman–Crippen MR) is 53.1 cm³/mol. The lowest BCUT2D eigenvalue weighted by Gasteiger charge is -2.33. The monoisotopic (exact) mass is 287 g/mol. The van der Waals surface area contributed by atoms with E-state index in [0.717, 1.165) is 6.34 Å². The van der Waals surface area contributed by atoms with Gasteiger partial charge < -0.3 is 0 Å². The molecule has 0 aliphatic carbocycles.